The highest BCUT2D eigenvalue weighted by Crippen LogP contribution is 2.38. The normalized spacial score (nSPS) is 20.2. The average molecular weight is 443 g/mol. The van der Waals surface area contributed by atoms with Gasteiger partial charge in [0.05, 0.1) is 24.8 Å². The van der Waals surface area contributed by atoms with Crippen molar-refractivity contribution in [3.8, 4) is 11.5 Å². The van der Waals surface area contributed by atoms with Gasteiger partial charge in [-0.2, -0.15) is 13.2 Å². The minimum Gasteiger partial charge on any atom is -0.377 e. The van der Waals surface area contributed by atoms with E-state index < -0.39 is 23.7 Å². The van der Waals surface area contributed by atoms with Gasteiger partial charge >= 0.3 is 6.18 Å². The van der Waals surface area contributed by atoms with Crippen molar-refractivity contribution in [1.82, 2.24) is 24.6 Å². The first-order valence-corrected chi connectivity index (χ1v) is 10.2. The number of hydrogen-bond donors (Lipinski definition) is 0. The summed E-state index contributed by atoms with van der Waals surface area (Å²) in [5.74, 6) is 0.677. The van der Waals surface area contributed by atoms with Gasteiger partial charge in [-0.25, -0.2) is 4.98 Å². The molecule has 166 valence electrons. The van der Waals surface area contributed by atoms with Crippen LogP contribution in [0.1, 0.15) is 39.0 Å². The van der Waals surface area contributed by atoms with E-state index in [1.165, 1.54) is 19.1 Å². The number of benzene rings is 1. The van der Waals surface area contributed by atoms with Crippen LogP contribution in [-0.2, 0) is 17.5 Å². The smallest absolute Gasteiger partial charge is 0.377 e. The quantitative estimate of drug-likeness (QED) is 0.606. The van der Waals surface area contributed by atoms with Gasteiger partial charge in [-0.15, -0.1) is 10.2 Å². The number of amides is 1. The third-order valence-corrected chi connectivity index (χ3v) is 6.01. The summed E-state index contributed by atoms with van der Waals surface area (Å²) in [6.07, 6.45) is -4.53. The summed E-state index contributed by atoms with van der Waals surface area (Å²) in [5, 5.41) is 8.62. The Bertz CT molecular complexity index is 1210. The topological polar surface area (TPSA) is 73.1 Å². The Labute approximate surface area is 181 Å². The minimum absolute atomic E-state index is 0.0327. The lowest BCUT2D eigenvalue weighted by Gasteiger charge is -2.45. The maximum absolute atomic E-state index is 13.5. The summed E-state index contributed by atoms with van der Waals surface area (Å²) in [7, 11) is 0. The predicted octanol–water partition coefficient (Wildman–Crippen LogP) is 3.57. The van der Waals surface area contributed by atoms with E-state index in [2.05, 4.69) is 15.2 Å². The fourth-order valence-corrected chi connectivity index (χ4v) is 4.50. The molecule has 32 heavy (non-hydrogen) atoms. The molecule has 5 rings (SSSR count). The predicted molar refractivity (Wildman–Crippen MR) is 108 cm³/mol. The van der Waals surface area contributed by atoms with Crippen molar-refractivity contribution in [3.05, 3.63) is 64.6 Å². The minimum atomic E-state index is -4.53. The summed E-state index contributed by atoms with van der Waals surface area (Å²) in [6.45, 7) is 4.05. The second-order valence-corrected chi connectivity index (χ2v) is 8.05. The first-order chi connectivity index (χ1) is 15.3. The van der Waals surface area contributed by atoms with Crippen LogP contribution in [-0.4, -0.2) is 49.8 Å². The van der Waals surface area contributed by atoms with E-state index >= 15 is 0 Å². The molecule has 1 amide bonds. The summed E-state index contributed by atoms with van der Waals surface area (Å²) in [6, 6.07) is 8.41. The summed E-state index contributed by atoms with van der Waals surface area (Å²) in [4.78, 5) is 19.6. The summed E-state index contributed by atoms with van der Waals surface area (Å²) in [5.41, 5.74) is 0.663. The number of morpholine rings is 1. The molecule has 0 spiro atoms. The van der Waals surface area contributed by atoms with Crippen molar-refractivity contribution >= 4 is 5.91 Å². The zero-order chi connectivity index (χ0) is 22.6. The number of hydrogen-bond acceptors (Lipinski definition) is 5. The highest BCUT2D eigenvalue weighted by Gasteiger charge is 2.45. The number of pyridine rings is 1. The van der Waals surface area contributed by atoms with E-state index in [1.807, 2.05) is 29.7 Å². The third-order valence-electron chi connectivity index (χ3n) is 6.01. The van der Waals surface area contributed by atoms with Crippen LogP contribution in [0.4, 0.5) is 13.2 Å². The number of halogens is 3. The number of fused-ring (bicyclic) bond motifs is 4. The largest absolute Gasteiger partial charge is 0.416 e. The van der Waals surface area contributed by atoms with E-state index in [9.17, 15) is 18.0 Å². The van der Waals surface area contributed by atoms with Crippen molar-refractivity contribution < 1.29 is 22.7 Å². The van der Waals surface area contributed by atoms with Crippen LogP contribution in [0.3, 0.4) is 0 Å². The molecule has 0 aliphatic carbocycles. The van der Waals surface area contributed by atoms with Gasteiger partial charge in [0.25, 0.3) is 5.91 Å². The standard InChI is InChI=1S/C22H20F3N5O2/c1-12-5-3-8-17(26-12)19-27-28-20-18-11-32-10-14(9-29(19)20)30(18)21(31)15-6-4-7-16(13(15)2)22(23,24)25/h3-8,14,18H,9-11H2,1-2H3/t14-,18-/m1/s1. The van der Waals surface area contributed by atoms with Crippen molar-refractivity contribution in [1.29, 1.82) is 0 Å². The molecule has 4 heterocycles. The van der Waals surface area contributed by atoms with Gasteiger partial charge in [0.15, 0.2) is 11.6 Å². The van der Waals surface area contributed by atoms with Crippen molar-refractivity contribution in [2.24, 2.45) is 0 Å². The Morgan fingerprint density at radius 1 is 1.09 bits per heavy atom. The van der Waals surface area contributed by atoms with Gasteiger partial charge in [-0.1, -0.05) is 12.1 Å². The maximum atomic E-state index is 13.5. The molecule has 2 aliphatic heterocycles. The van der Waals surface area contributed by atoms with Gasteiger partial charge < -0.3 is 14.2 Å². The van der Waals surface area contributed by atoms with Crippen LogP contribution in [0, 0.1) is 13.8 Å². The Morgan fingerprint density at radius 2 is 1.88 bits per heavy atom. The van der Waals surface area contributed by atoms with E-state index in [4.69, 9.17) is 4.74 Å². The lowest BCUT2D eigenvalue weighted by atomic mass is 9.97. The van der Waals surface area contributed by atoms with E-state index in [0.29, 0.717) is 23.9 Å². The molecule has 3 aromatic rings. The monoisotopic (exact) mass is 443 g/mol. The molecule has 2 atom stereocenters. The molecule has 0 saturated carbocycles. The molecular weight excluding hydrogens is 423 g/mol. The van der Waals surface area contributed by atoms with Gasteiger partial charge in [-0.3, -0.25) is 4.79 Å². The van der Waals surface area contributed by atoms with Gasteiger partial charge in [-0.05, 0) is 43.7 Å². The maximum Gasteiger partial charge on any atom is 0.416 e. The molecule has 1 fully saturated rings. The van der Waals surface area contributed by atoms with Crippen LogP contribution in [0.2, 0.25) is 0 Å². The molecule has 2 bridgehead atoms. The number of carbonyl (C=O) groups excluding carboxylic acids is 1. The van der Waals surface area contributed by atoms with E-state index in [1.54, 1.807) is 4.90 Å². The van der Waals surface area contributed by atoms with Crippen LogP contribution < -0.4 is 0 Å². The lowest BCUT2D eigenvalue weighted by Crippen LogP contribution is -2.56. The Kier molecular flexibility index (Phi) is 4.77. The number of aryl methyl sites for hydroxylation is 1. The molecule has 1 aromatic carbocycles. The van der Waals surface area contributed by atoms with E-state index in [0.717, 1.165) is 11.8 Å². The average Bonchev–Trinajstić information content (AvgIpc) is 3.16. The molecule has 0 radical (unpaired) electrons. The second kappa shape index (κ2) is 7.40. The Hall–Kier alpha value is -3.27. The SMILES string of the molecule is Cc1cccc(-c2nnc3n2C[C@@H]2COC[C@H]3N2C(=O)c2cccc(C(F)(F)F)c2C)n1. The zero-order valence-corrected chi connectivity index (χ0v) is 17.4. The molecular formula is C22H20F3N5O2. The van der Waals surface area contributed by atoms with Gasteiger partial charge in [0.2, 0.25) is 0 Å². The highest BCUT2D eigenvalue weighted by atomic mass is 19.4. The molecule has 2 aromatic heterocycles. The molecule has 0 N–H and O–H groups in total. The number of rotatable bonds is 2. The van der Waals surface area contributed by atoms with Crippen LogP contribution in [0.25, 0.3) is 11.5 Å². The van der Waals surface area contributed by atoms with Gasteiger partial charge in [0, 0.05) is 17.8 Å². The second-order valence-electron chi connectivity index (χ2n) is 8.05. The number of alkyl halides is 3. The van der Waals surface area contributed by atoms with Gasteiger partial charge in [0.1, 0.15) is 11.7 Å². The van der Waals surface area contributed by atoms with Crippen LogP contribution in [0.5, 0.6) is 0 Å². The molecule has 10 heteroatoms. The number of aromatic nitrogens is 4. The third kappa shape index (κ3) is 3.26. The lowest BCUT2D eigenvalue weighted by molar-refractivity contribution is -0.138. The summed E-state index contributed by atoms with van der Waals surface area (Å²) >= 11 is 0. The number of carbonyl (C=O) groups is 1. The highest BCUT2D eigenvalue weighted by molar-refractivity contribution is 5.96. The molecule has 0 unspecified atom stereocenters. The number of ether oxygens (including phenoxy) is 1. The molecule has 7 nitrogen and oxygen atoms in total. The first-order valence-electron chi connectivity index (χ1n) is 10.2. The van der Waals surface area contributed by atoms with Crippen LogP contribution >= 0.6 is 0 Å². The van der Waals surface area contributed by atoms with Crippen molar-refractivity contribution in [2.75, 3.05) is 13.2 Å². The van der Waals surface area contributed by atoms with Crippen molar-refractivity contribution in [3.63, 3.8) is 0 Å². The fourth-order valence-electron chi connectivity index (χ4n) is 4.50. The Morgan fingerprint density at radius 3 is 2.62 bits per heavy atom. The number of nitrogens with zero attached hydrogens (tertiary/aromatic N) is 5. The first kappa shape index (κ1) is 20.6. The molecule has 1 saturated heterocycles. The zero-order valence-electron chi connectivity index (χ0n) is 17.4. The van der Waals surface area contributed by atoms with E-state index in [-0.39, 0.29) is 30.4 Å². The molecule has 2 aliphatic rings. The van der Waals surface area contributed by atoms with Crippen LogP contribution in [0.15, 0.2) is 36.4 Å². The Balaban J connectivity index is 1.55. The fraction of sp³-hybridized carbons (Fsp3) is 0.364. The summed E-state index contributed by atoms with van der Waals surface area (Å²) < 4.78 is 47.8. The van der Waals surface area contributed by atoms with Crippen molar-refractivity contribution in [2.45, 2.75) is 38.7 Å².